The highest BCUT2D eigenvalue weighted by Gasteiger charge is 2.78. The highest BCUT2D eigenvalue weighted by Crippen LogP contribution is 2.67. The third-order valence-corrected chi connectivity index (χ3v) is 13.1. The minimum atomic E-state index is -1.64. The predicted octanol–water partition coefficient (Wildman–Crippen LogP) is 4.77. The molecule has 4 fully saturated rings. The maximum Gasteiger partial charge on any atom is 0.351 e. The number of ether oxygens (including phenoxy) is 5. The monoisotopic (exact) mass is 661 g/mol. The molecule has 1 aromatic heterocycles. The van der Waals surface area contributed by atoms with Crippen molar-refractivity contribution in [1.29, 1.82) is 5.26 Å². The van der Waals surface area contributed by atoms with Crippen LogP contribution in [0.3, 0.4) is 0 Å². The van der Waals surface area contributed by atoms with Crippen molar-refractivity contribution in [3.63, 3.8) is 0 Å². The molecule has 48 heavy (non-hydrogen) atoms. The second kappa shape index (κ2) is 9.39. The van der Waals surface area contributed by atoms with Gasteiger partial charge in [0.25, 0.3) is 0 Å². The van der Waals surface area contributed by atoms with Gasteiger partial charge >= 0.3 is 23.9 Å². The van der Waals surface area contributed by atoms with Gasteiger partial charge in [0.05, 0.1) is 34.3 Å². The molecule has 0 amide bonds. The quantitative estimate of drug-likeness (QED) is 0.318. The van der Waals surface area contributed by atoms with Gasteiger partial charge in [0.15, 0.2) is 17.6 Å². The smallest absolute Gasteiger partial charge is 0.351 e. The van der Waals surface area contributed by atoms with Crippen LogP contribution in [0.15, 0.2) is 27.4 Å². The van der Waals surface area contributed by atoms with Crippen LogP contribution in [0.2, 0.25) is 0 Å². The number of nitriles is 1. The highest BCUT2D eigenvalue weighted by atomic mass is 16.7. The molecule has 5 aliphatic rings. The Kier molecular flexibility index (Phi) is 6.29. The first-order valence-corrected chi connectivity index (χ1v) is 16.3. The Hall–Kier alpha value is -4.40. The van der Waals surface area contributed by atoms with Gasteiger partial charge in [-0.2, -0.15) is 5.26 Å². The Balaban J connectivity index is 1.39. The molecule has 2 saturated carbocycles. The van der Waals surface area contributed by atoms with E-state index in [-0.39, 0.29) is 47.3 Å². The molecule has 2 saturated heterocycles. The molecular weight excluding hydrogens is 622 g/mol. The van der Waals surface area contributed by atoms with Gasteiger partial charge in [-0.3, -0.25) is 14.4 Å². The Morgan fingerprint density at radius 3 is 1.83 bits per heavy atom. The summed E-state index contributed by atoms with van der Waals surface area (Å²) in [6, 6.07) is 6.25. The van der Waals surface area contributed by atoms with Crippen molar-refractivity contribution in [3.05, 3.63) is 39.7 Å². The molecule has 4 bridgehead atoms. The van der Waals surface area contributed by atoms with E-state index >= 15 is 0 Å². The van der Waals surface area contributed by atoms with Crippen molar-refractivity contribution in [2.24, 2.45) is 21.7 Å². The van der Waals surface area contributed by atoms with Gasteiger partial charge in [-0.15, -0.1) is 0 Å². The molecule has 0 radical (unpaired) electrons. The number of nitrogens with zero attached hydrogens (tertiary/aromatic N) is 1. The lowest BCUT2D eigenvalue weighted by Gasteiger charge is -2.45. The largest absolute Gasteiger partial charge is 0.483 e. The lowest BCUT2D eigenvalue weighted by Crippen LogP contribution is -2.57. The Morgan fingerprint density at radius 2 is 1.35 bits per heavy atom. The van der Waals surface area contributed by atoms with Crippen molar-refractivity contribution in [1.82, 2.24) is 0 Å². The Morgan fingerprint density at radius 1 is 0.812 bits per heavy atom. The summed E-state index contributed by atoms with van der Waals surface area (Å²) in [6.45, 7) is 14.1. The molecule has 1 aromatic carbocycles. The summed E-state index contributed by atoms with van der Waals surface area (Å²) in [5.74, 6) is -2.38. The van der Waals surface area contributed by atoms with Gasteiger partial charge in [-0.25, -0.2) is 9.59 Å². The average molecular weight is 662 g/mol. The van der Waals surface area contributed by atoms with E-state index < -0.39 is 80.0 Å². The van der Waals surface area contributed by atoms with Crippen LogP contribution in [0.1, 0.15) is 98.5 Å². The van der Waals surface area contributed by atoms with E-state index in [9.17, 15) is 29.2 Å². The second-order valence-electron chi connectivity index (χ2n) is 16.0. The van der Waals surface area contributed by atoms with E-state index in [2.05, 4.69) is 0 Å². The number of rotatable bonds is 5. The van der Waals surface area contributed by atoms with Gasteiger partial charge in [-0.1, -0.05) is 27.7 Å². The van der Waals surface area contributed by atoms with Crippen molar-refractivity contribution in [3.8, 4) is 11.8 Å². The van der Waals surface area contributed by atoms with E-state index in [1.165, 1.54) is 12.1 Å². The molecule has 4 heterocycles. The second-order valence-corrected chi connectivity index (χ2v) is 16.0. The molecule has 2 aliphatic carbocycles. The topological polar surface area (TPSA) is 168 Å². The van der Waals surface area contributed by atoms with Gasteiger partial charge in [0, 0.05) is 16.9 Å². The van der Waals surface area contributed by atoms with E-state index in [4.69, 9.17) is 28.1 Å². The number of hydrogen-bond donors (Lipinski definition) is 0. The number of carbonyl (C=O) groups excluding carboxylic acids is 4. The molecule has 2 aromatic rings. The van der Waals surface area contributed by atoms with Gasteiger partial charge in [0.2, 0.25) is 11.2 Å². The number of carbonyl (C=O) groups is 4. The van der Waals surface area contributed by atoms with Gasteiger partial charge < -0.3 is 28.1 Å². The summed E-state index contributed by atoms with van der Waals surface area (Å²) in [7, 11) is 0. The standard InChI is InChI=1S/C36H39NO11/c1-30(2)25(45-29(42)36-15-13-34(8,27(40)48-36)32(36,5)6)24(44-28(41)35-14-12-33(7,26(39)47-35)31(35,3)4)22-21(46-30)10-9-19-20(38)17-18(11-16-37)43-23(19)22/h9-10,17,24-25H,11-15H2,1-8H3/t24-,25-,33+,34-,35?,36?/m1/s1. The van der Waals surface area contributed by atoms with E-state index in [0.29, 0.717) is 12.8 Å². The summed E-state index contributed by atoms with van der Waals surface area (Å²) in [6.07, 6.45) is -1.75. The molecule has 6 atom stereocenters. The molecule has 3 aliphatic heterocycles. The summed E-state index contributed by atoms with van der Waals surface area (Å²) in [5, 5.41) is 9.49. The summed E-state index contributed by atoms with van der Waals surface area (Å²) >= 11 is 0. The maximum absolute atomic E-state index is 14.5. The normalized spacial score (nSPS) is 36.1. The van der Waals surface area contributed by atoms with Crippen LogP contribution in [-0.2, 0) is 44.5 Å². The number of esters is 4. The van der Waals surface area contributed by atoms with Crippen molar-refractivity contribution >= 4 is 34.8 Å². The fourth-order valence-electron chi connectivity index (χ4n) is 8.80. The maximum atomic E-state index is 14.5. The van der Waals surface area contributed by atoms with Crippen LogP contribution in [0.5, 0.6) is 5.75 Å². The summed E-state index contributed by atoms with van der Waals surface area (Å²) in [4.78, 5) is 68.2. The highest BCUT2D eigenvalue weighted by molar-refractivity contribution is 5.95. The molecule has 0 N–H and O–H groups in total. The number of benzene rings is 1. The Labute approximate surface area is 277 Å². The first-order chi connectivity index (χ1) is 22.2. The molecule has 254 valence electrons. The van der Waals surface area contributed by atoms with E-state index in [0.717, 1.165) is 0 Å². The average Bonchev–Trinajstić information content (AvgIpc) is 3.46. The van der Waals surface area contributed by atoms with Crippen molar-refractivity contribution in [2.75, 3.05) is 0 Å². The van der Waals surface area contributed by atoms with Crippen LogP contribution < -0.4 is 10.2 Å². The van der Waals surface area contributed by atoms with Crippen LogP contribution in [0, 0.1) is 33.0 Å². The molecule has 12 nitrogen and oxygen atoms in total. The molecule has 12 heteroatoms. The zero-order valence-corrected chi connectivity index (χ0v) is 28.4. The van der Waals surface area contributed by atoms with Crippen LogP contribution in [0.25, 0.3) is 11.0 Å². The molecule has 0 spiro atoms. The van der Waals surface area contributed by atoms with Crippen molar-refractivity contribution in [2.45, 2.75) is 117 Å². The van der Waals surface area contributed by atoms with Crippen molar-refractivity contribution < 1.29 is 47.3 Å². The minimum absolute atomic E-state index is 0.00438. The van der Waals surface area contributed by atoms with E-state index in [1.807, 2.05) is 6.07 Å². The number of hydrogen-bond acceptors (Lipinski definition) is 12. The Bertz CT molecular complexity index is 1950. The fourth-order valence-corrected chi connectivity index (χ4v) is 8.80. The van der Waals surface area contributed by atoms with Crippen LogP contribution in [-0.4, -0.2) is 46.8 Å². The summed E-state index contributed by atoms with van der Waals surface area (Å²) in [5.41, 5.74) is -8.64. The predicted molar refractivity (Wildman–Crippen MR) is 165 cm³/mol. The zero-order chi connectivity index (χ0) is 35.0. The van der Waals surface area contributed by atoms with Gasteiger partial charge in [0.1, 0.15) is 22.7 Å². The van der Waals surface area contributed by atoms with E-state index in [1.54, 1.807) is 61.5 Å². The van der Waals surface area contributed by atoms with Crippen LogP contribution >= 0.6 is 0 Å². The third kappa shape index (κ3) is 3.57. The first-order valence-electron chi connectivity index (χ1n) is 16.3. The lowest BCUT2D eigenvalue weighted by atomic mass is 9.66. The summed E-state index contributed by atoms with van der Waals surface area (Å²) < 4.78 is 36.8. The fraction of sp³-hybridized carbons (Fsp3) is 0.611. The van der Waals surface area contributed by atoms with Crippen LogP contribution in [0.4, 0.5) is 0 Å². The molecular formula is C36H39NO11. The molecule has 7 rings (SSSR count). The first kappa shape index (κ1) is 32.2. The minimum Gasteiger partial charge on any atom is -0.483 e. The van der Waals surface area contributed by atoms with Gasteiger partial charge in [-0.05, 0) is 65.5 Å². The lowest BCUT2D eigenvalue weighted by molar-refractivity contribution is -0.217. The third-order valence-electron chi connectivity index (χ3n) is 13.1. The SMILES string of the molecule is CC1(C)Oc2ccc3c(=O)cc(CC#N)oc3c2[C@@H](OC(=O)C23CC[C@@](C)(C(=O)O2)C3(C)C)[C@H]1OC(=O)C12CC[C@](C)(C(=O)O1)C2(C)C. The zero-order valence-electron chi connectivity index (χ0n) is 28.4. The molecule has 2 unspecified atom stereocenters. The number of fused-ring (bicyclic) bond motifs is 7.